The largest absolute Gasteiger partial charge is 0.491 e. The third-order valence-electron chi connectivity index (χ3n) is 6.63. The molecule has 2 N–H and O–H groups in total. The van der Waals surface area contributed by atoms with Crippen LogP contribution in [0.3, 0.4) is 0 Å². The van der Waals surface area contributed by atoms with Gasteiger partial charge in [-0.3, -0.25) is 4.79 Å². The van der Waals surface area contributed by atoms with E-state index in [0.717, 1.165) is 40.1 Å². The molecule has 6 nitrogen and oxygen atoms in total. The topological polar surface area (TPSA) is 78.5 Å². The van der Waals surface area contributed by atoms with Crippen LogP contribution >= 0.6 is 0 Å². The Labute approximate surface area is 217 Å². The second-order valence-corrected chi connectivity index (χ2v) is 9.24. The lowest BCUT2D eigenvalue weighted by atomic mass is 9.91. The number of carbonyl (C=O) groups excluding carboxylic acids is 1. The third kappa shape index (κ3) is 4.69. The van der Waals surface area contributed by atoms with E-state index in [-0.39, 0.29) is 25.3 Å². The smallest absolute Gasteiger partial charge is 0.430 e. The number of amides is 1. The van der Waals surface area contributed by atoms with Gasteiger partial charge in [-0.05, 0) is 54.4 Å². The Balaban J connectivity index is 1.41. The first-order chi connectivity index (χ1) is 18.3. The first kappa shape index (κ1) is 26.5. The van der Waals surface area contributed by atoms with Gasteiger partial charge in [0.1, 0.15) is 18.2 Å². The molecule has 204 valence electrons. The van der Waals surface area contributed by atoms with Crippen molar-refractivity contribution in [1.29, 1.82) is 0 Å². The van der Waals surface area contributed by atoms with E-state index in [0.29, 0.717) is 23.4 Å². The van der Waals surface area contributed by atoms with Gasteiger partial charge >= 0.3 is 12.4 Å². The number of benzene rings is 3. The molecule has 0 aliphatic carbocycles. The third-order valence-corrected chi connectivity index (χ3v) is 6.63. The first-order valence-corrected chi connectivity index (χ1v) is 11.8. The van der Waals surface area contributed by atoms with Gasteiger partial charge < -0.3 is 19.7 Å². The number of alkyl halides is 6. The molecule has 4 aromatic rings. The summed E-state index contributed by atoms with van der Waals surface area (Å²) in [6.07, 6.45) is -12.0. The standard InChI is InChI=1S/C27H21F6N3O3/c1-15-34-21-8-4-18(13-22(21)35-15)17-5-9-23-19(12-17)14-36(10-11-39-23)24(37)16-2-6-20(7-3-16)25(38,26(28,29)30)27(31,32)33/h2-9,12-13,38H,10-11,14H2,1H3,(H,34,35). The number of H-pyrrole nitrogens is 1. The molecule has 0 saturated heterocycles. The summed E-state index contributed by atoms with van der Waals surface area (Å²) in [5, 5.41) is 9.59. The molecule has 3 aromatic carbocycles. The fourth-order valence-corrected chi connectivity index (χ4v) is 4.59. The van der Waals surface area contributed by atoms with Gasteiger partial charge in [-0.25, -0.2) is 4.98 Å². The second-order valence-electron chi connectivity index (χ2n) is 9.24. The molecule has 12 heteroatoms. The Bertz CT molecular complexity index is 1530. The van der Waals surface area contributed by atoms with Gasteiger partial charge in [-0.15, -0.1) is 0 Å². The van der Waals surface area contributed by atoms with Crippen molar-refractivity contribution in [3.05, 3.63) is 83.2 Å². The zero-order valence-corrected chi connectivity index (χ0v) is 20.3. The number of nitrogens with zero attached hydrogens (tertiary/aromatic N) is 2. The van der Waals surface area contributed by atoms with E-state index in [1.165, 1.54) is 4.90 Å². The molecule has 5 rings (SSSR count). The normalized spacial score (nSPS) is 14.6. The molecule has 2 heterocycles. The summed E-state index contributed by atoms with van der Waals surface area (Å²) in [7, 11) is 0. The number of hydrogen-bond acceptors (Lipinski definition) is 4. The van der Waals surface area contributed by atoms with Crippen LogP contribution < -0.4 is 4.74 Å². The highest BCUT2D eigenvalue weighted by Crippen LogP contribution is 2.50. The molecule has 0 bridgehead atoms. The first-order valence-electron chi connectivity index (χ1n) is 11.8. The van der Waals surface area contributed by atoms with Crippen molar-refractivity contribution in [3.63, 3.8) is 0 Å². The van der Waals surface area contributed by atoms with Crippen LogP contribution in [0.4, 0.5) is 26.3 Å². The fraction of sp³-hybridized carbons (Fsp3) is 0.259. The van der Waals surface area contributed by atoms with Crippen molar-refractivity contribution < 1.29 is 41.0 Å². The highest BCUT2D eigenvalue weighted by atomic mass is 19.4. The summed E-state index contributed by atoms with van der Waals surface area (Å²) in [6, 6.07) is 13.9. The van der Waals surface area contributed by atoms with Gasteiger partial charge in [-0.1, -0.05) is 24.3 Å². The van der Waals surface area contributed by atoms with Crippen LogP contribution in [-0.4, -0.2) is 51.4 Å². The summed E-state index contributed by atoms with van der Waals surface area (Å²) in [6.45, 7) is 2.23. The van der Waals surface area contributed by atoms with Gasteiger partial charge in [0.2, 0.25) is 0 Å². The molecular weight excluding hydrogens is 528 g/mol. The number of fused-ring (bicyclic) bond motifs is 2. The van der Waals surface area contributed by atoms with Crippen LogP contribution in [0.2, 0.25) is 0 Å². The van der Waals surface area contributed by atoms with E-state index in [1.54, 1.807) is 6.07 Å². The lowest BCUT2D eigenvalue weighted by molar-refractivity contribution is -0.376. The number of aromatic amines is 1. The minimum Gasteiger partial charge on any atom is -0.491 e. The molecule has 1 aromatic heterocycles. The van der Waals surface area contributed by atoms with Crippen molar-refractivity contribution in [2.75, 3.05) is 13.2 Å². The number of aromatic nitrogens is 2. The lowest BCUT2D eigenvalue weighted by Gasteiger charge is -2.32. The van der Waals surface area contributed by atoms with Crippen LogP contribution in [0.1, 0.15) is 27.3 Å². The Kier molecular flexibility index (Phi) is 6.33. The second kappa shape index (κ2) is 9.30. The molecular formula is C27H21F6N3O3. The Hall–Kier alpha value is -4.06. The fourth-order valence-electron chi connectivity index (χ4n) is 4.59. The highest BCUT2D eigenvalue weighted by molar-refractivity contribution is 5.94. The predicted molar refractivity (Wildman–Crippen MR) is 129 cm³/mol. The molecule has 0 radical (unpaired) electrons. The Morgan fingerprint density at radius 3 is 2.26 bits per heavy atom. The maximum atomic E-state index is 13.2. The summed E-state index contributed by atoms with van der Waals surface area (Å²) in [4.78, 5) is 22.1. The molecule has 1 aliphatic rings. The van der Waals surface area contributed by atoms with Crippen LogP contribution in [0, 0.1) is 6.92 Å². The minimum absolute atomic E-state index is 0.101. The number of carbonyl (C=O) groups is 1. The van der Waals surface area contributed by atoms with Crippen LogP contribution in [-0.2, 0) is 12.1 Å². The maximum Gasteiger partial charge on any atom is 0.430 e. The van der Waals surface area contributed by atoms with Gasteiger partial charge in [0, 0.05) is 23.2 Å². The van der Waals surface area contributed by atoms with Crippen molar-refractivity contribution in [1.82, 2.24) is 14.9 Å². The van der Waals surface area contributed by atoms with Gasteiger partial charge in [0.15, 0.2) is 0 Å². The van der Waals surface area contributed by atoms with E-state index in [2.05, 4.69) is 9.97 Å². The summed E-state index contributed by atoms with van der Waals surface area (Å²) in [5.74, 6) is 0.727. The van der Waals surface area contributed by atoms with E-state index in [1.807, 2.05) is 37.3 Å². The van der Waals surface area contributed by atoms with E-state index in [4.69, 9.17) is 4.74 Å². The monoisotopic (exact) mass is 549 g/mol. The Morgan fingerprint density at radius 2 is 1.59 bits per heavy atom. The van der Waals surface area contributed by atoms with Crippen molar-refractivity contribution >= 4 is 16.9 Å². The predicted octanol–water partition coefficient (Wildman–Crippen LogP) is 5.89. The van der Waals surface area contributed by atoms with E-state index < -0.39 is 29.4 Å². The highest BCUT2D eigenvalue weighted by Gasteiger charge is 2.71. The zero-order chi connectivity index (χ0) is 28.2. The van der Waals surface area contributed by atoms with Crippen LogP contribution in [0.5, 0.6) is 5.75 Å². The van der Waals surface area contributed by atoms with Crippen LogP contribution in [0.15, 0.2) is 60.7 Å². The van der Waals surface area contributed by atoms with Crippen molar-refractivity contribution in [2.24, 2.45) is 0 Å². The minimum atomic E-state index is -6.01. The number of aliphatic hydroxyl groups is 1. The maximum absolute atomic E-state index is 13.2. The number of ether oxygens (including phenoxy) is 1. The number of hydrogen-bond donors (Lipinski definition) is 2. The van der Waals surface area contributed by atoms with Crippen molar-refractivity contribution in [2.45, 2.75) is 31.4 Å². The summed E-state index contributed by atoms with van der Waals surface area (Å²) >= 11 is 0. The molecule has 0 saturated carbocycles. The van der Waals surface area contributed by atoms with Gasteiger partial charge in [0.25, 0.3) is 11.5 Å². The molecule has 39 heavy (non-hydrogen) atoms. The molecule has 1 amide bonds. The van der Waals surface area contributed by atoms with Gasteiger partial charge in [0.05, 0.1) is 17.6 Å². The van der Waals surface area contributed by atoms with Crippen LogP contribution in [0.25, 0.3) is 22.2 Å². The van der Waals surface area contributed by atoms with Gasteiger partial charge in [-0.2, -0.15) is 26.3 Å². The SMILES string of the molecule is Cc1nc2ccc(-c3ccc4c(c3)CN(C(=O)c3ccc(C(O)(C(F)(F)F)C(F)(F)F)cc3)CCO4)cc2[nH]1. The molecule has 1 aliphatic heterocycles. The number of halogens is 6. The number of imidazole rings is 1. The quantitative estimate of drug-likeness (QED) is 0.313. The molecule has 0 fully saturated rings. The lowest BCUT2D eigenvalue weighted by Crippen LogP contribution is -2.53. The number of nitrogens with one attached hydrogen (secondary N) is 1. The van der Waals surface area contributed by atoms with E-state index in [9.17, 15) is 36.2 Å². The molecule has 0 atom stereocenters. The number of rotatable bonds is 3. The Morgan fingerprint density at radius 1 is 0.949 bits per heavy atom. The summed E-state index contributed by atoms with van der Waals surface area (Å²) in [5.41, 5.74) is -2.52. The molecule has 0 spiro atoms. The average molecular weight is 549 g/mol. The number of aryl methyl sites for hydroxylation is 1. The average Bonchev–Trinajstić information content (AvgIpc) is 3.12. The zero-order valence-electron chi connectivity index (χ0n) is 20.3. The molecule has 0 unspecified atom stereocenters. The van der Waals surface area contributed by atoms with E-state index >= 15 is 0 Å². The summed E-state index contributed by atoms with van der Waals surface area (Å²) < 4.78 is 84.9. The van der Waals surface area contributed by atoms with Crippen molar-refractivity contribution in [3.8, 4) is 16.9 Å².